The summed E-state index contributed by atoms with van der Waals surface area (Å²) in [6, 6.07) is 8.09. The topological polar surface area (TPSA) is 65.1 Å². The van der Waals surface area contributed by atoms with Crippen LogP contribution in [0.15, 0.2) is 36.7 Å². The molecule has 2 aromatic rings. The first-order valence-electron chi connectivity index (χ1n) is 6.97. The van der Waals surface area contributed by atoms with Crippen LogP contribution in [0.4, 0.5) is 0 Å². The van der Waals surface area contributed by atoms with Crippen molar-refractivity contribution >= 4 is 0 Å². The molecule has 0 saturated carbocycles. The Morgan fingerprint density at radius 1 is 1.30 bits per heavy atom. The van der Waals surface area contributed by atoms with Crippen molar-refractivity contribution in [2.45, 2.75) is 32.9 Å². The number of benzene rings is 1. The van der Waals surface area contributed by atoms with E-state index in [4.69, 9.17) is 10.6 Å². The number of aryl methyl sites for hydroxylation is 1. The predicted molar refractivity (Wildman–Crippen MR) is 79.3 cm³/mol. The normalized spacial score (nSPS) is 12.3. The second-order valence-corrected chi connectivity index (χ2v) is 4.63. The summed E-state index contributed by atoms with van der Waals surface area (Å²) < 4.78 is 7.36. The summed E-state index contributed by atoms with van der Waals surface area (Å²) in [6.45, 7) is 5.60. The number of hydrogen-bond acceptors (Lipinski definition) is 4. The molecule has 0 amide bonds. The third-order valence-corrected chi connectivity index (χ3v) is 3.25. The summed E-state index contributed by atoms with van der Waals surface area (Å²) in [5.74, 6) is 6.56. The second kappa shape index (κ2) is 7.07. The van der Waals surface area contributed by atoms with Gasteiger partial charge in [-0.1, -0.05) is 12.1 Å². The molecule has 108 valence electrons. The molecule has 1 atom stereocenters. The van der Waals surface area contributed by atoms with E-state index in [-0.39, 0.29) is 6.04 Å². The fraction of sp³-hybridized carbons (Fsp3) is 0.400. The monoisotopic (exact) mass is 274 g/mol. The van der Waals surface area contributed by atoms with Gasteiger partial charge in [-0.15, -0.1) is 0 Å². The molecule has 5 nitrogen and oxygen atoms in total. The number of hydrazine groups is 1. The molecule has 0 spiro atoms. The molecule has 1 aromatic heterocycles. The molecule has 20 heavy (non-hydrogen) atoms. The van der Waals surface area contributed by atoms with Crippen molar-refractivity contribution in [2.24, 2.45) is 5.84 Å². The van der Waals surface area contributed by atoms with Crippen LogP contribution in [0.25, 0.3) is 0 Å². The highest BCUT2D eigenvalue weighted by Crippen LogP contribution is 2.20. The molecule has 0 saturated heterocycles. The van der Waals surface area contributed by atoms with Gasteiger partial charge in [0.1, 0.15) is 5.75 Å². The highest BCUT2D eigenvalue weighted by Gasteiger charge is 2.12. The lowest BCUT2D eigenvalue weighted by molar-refractivity contribution is 0.340. The summed E-state index contributed by atoms with van der Waals surface area (Å²) >= 11 is 0. The van der Waals surface area contributed by atoms with E-state index < -0.39 is 0 Å². The van der Waals surface area contributed by atoms with E-state index in [1.807, 2.05) is 42.1 Å². The molecule has 1 aromatic carbocycles. The summed E-state index contributed by atoms with van der Waals surface area (Å²) in [4.78, 5) is 0. The fourth-order valence-electron chi connectivity index (χ4n) is 2.16. The van der Waals surface area contributed by atoms with Crippen LogP contribution < -0.4 is 16.0 Å². The van der Waals surface area contributed by atoms with E-state index in [9.17, 15) is 0 Å². The minimum absolute atomic E-state index is 0.0696. The van der Waals surface area contributed by atoms with Gasteiger partial charge in [-0.2, -0.15) is 5.10 Å². The third-order valence-electron chi connectivity index (χ3n) is 3.25. The van der Waals surface area contributed by atoms with Crippen LogP contribution >= 0.6 is 0 Å². The lowest BCUT2D eigenvalue weighted by Crippen LogP contribution is -2.29. The molecule has 1 heterocycles. The van der Waals surface area contributed by atoms with Crippen molar-refractivity contribution in [1.29, 1.82) is 0 Å². The average molecular weight is 274 g/mol. The van der Waals surface area contributed by atoms with E-state index in [1.54, 1.807) is 0 Å². The van der Waals surface area contributed by atoms with Gasteiger partial charge in [0, 0.05) is 12.7 Å². The van der Waals surface area contributed by atoms with Gasteiger partial charge in [-0.25, -0.2) is 0 Å². The fourth-order valence-corrected chi connectivity index (χ4v) is 2.16. The van der Waals surface area contributed by atoms with Crippen LogP contribution in [0.3, 0.4) is 0 Å². The SMILES string of the molecule is CCOc1ccc(C(Cc2cnn(CC)c2)NN)cc1. The lowest BCUT2D eigenvalue weighted by atomic mass is 10.0. The van der Waals surface area contributed by atoms with Crippen molar-refractivity contribution in [3.63, 3.8) is 0 Å². The number of nitrogens with zero attached hydrogens (tertiary/aromatic N) is 2. The summed E-state index contributed by atoms with van der Waals surface area (Å²) in [5.41, 5.74) is 5.18. The first-order valence-corrected chi connectivity index (χ1v) is 6.97. The Kier molecular flexibility index (Phi) is 5.15. The molecule has 1 unspecified atom stereocenters. The van der Waals surface area contributed by atoms with Crippen LogP contribution in [0.1, 0.15) is 31.0 Å². The highest BCUT2D eigenvalue weighted by atomic mass is 16.5. The molecule has 2 rings (SSSR count). The van der Waals surface area contributed by atoms with Crippen molar-refractivity contribution in [3.05, 3.63) is 47.8 Å². The van der Waals surface area contributed by atoms with Gasteiger partial charge >= 0.3 is 0 Å². The van der Waals surface area contributed by atoms with E-state index in [2.05, 4.69) is 23.6 Å². The summed E-state index contributed by atoms with van der Waals surface area (Å²) in [6.07, 6.45) is 4.76. The maximum Gasteiger partial charge on any atom is 0.119 e. The number of aromatic nitrogens is 2. The van der Waals surface area contributed by atoms with Gasteiger partial charge in [-0.3, -0.25) is 16.0 Å². The Morgan fingerprint density at radius 2 is 2.05 bits per heavy atom. The predicted octanol–water partition coefficient (Wildman–Crippen LogP) is 2.05. The Balaban J connectivity index is 2.07. The molecular weight excluding hydrogens is 252 g/mol. The number of ether oxygens (including phenoxy) is 1. The molecule has 3 N–H and O–H groups in total. The van der Waals surface area contributed by atoms with Gasteiger partial charge in [-0.05, 0) is 43.5 Å². The molecule has 0 aliphatic carbocycles. The minimum atomic E-state index is 0.0696. The first kappa shape index (κ1) is 14.6. The highest BCUT2D eigenvalue weighted by molar-refractivity contribution is 5.30. The standard InChI is InChI=1S/C15H22N4O/c1-3-19-11-12(10-17-19)9-15(18-16)13-5-7-14(8-6-13)20-4-2/h5-8,10-11,15,18H,3-4,9,16H2,1-2H3. The Morgan fingerprint density at radius 3 is 2.60 bits per heavy atom. The number of nitrogens with two attached hydrogens (primary N) is 1. The molecule has 0 aliphatic rings. The smallest absolute Gasteiger partial charge is 0.119 e. The molecule has 0 radical (unpaired) electrons. The van der Waals surface area contributed by atoms with Crippen molar-refractivity contribution in [1.82, 2.24) is 15.2 Å². The zero-order chi connectivity index (χ0) is 14.4. The molecular formula is C15H22N4O. The average Bonchev–Trinajstić information content (AvgIpc) is 2.94. The quantitative estimate of drug-likeness (QED) is 0.599. The van der Waals surface area contributed by atoms with Gasteiger partial charge in [0.15, 0.2) is 0 Å². The van der Waals surface area contributed by atoms with E-state index >= 15 is 0 Å². The molecule has 5 heteroatoms. The zero-order valence-electron chi connectivity index (χ0n) is 12.0. The Bertz CT molecular complexity index is 521. The van der Waals surface area contributed by atoms with Crippen LogP contribution in [0.2, 0.25) is 0 Å². The van der Waals surface area contributed by atoms with Gasteiger partial charge in [0.2, 0.25) is 0 Å². The maximum atomic E-state index is 5.68. The first-order chi connectivity index (χ1) is 9.76. The van der Waals surface area contributed by atoms with Gasteiger partial charge in [0.25, 0.3) is 0 Å². The van der Waals surface area contributed by atoms with Crippen LogP contribution in [-0.4, -0.2) is 16.4 Å². The van der Waals surface area contributed by atoms with Crippen molar-refractivity contribution in [3.8, 4) is 5.75 Å². The van der Waals surface area contributed by atoms with Gasteiger partial charge in [0.05, 0.1) is 18.8 Å². The summed E-state index contributed by atoms with van der Waals surface area (Å²) in [5, 5.41) is 4.28. The van der Waals surface area contributed by atoms with Crippen molar-refractivity contribution in [2.75, 3.05) is 6.61 Å². The second-order valence-electron chi connectivity index (χ2n) is 4.63. The molecule has 0 bridgehead atoms. The van der Waals surface area contributed by atoms with E-state index in [1.165, 1.54) is 5.56 Å². The van der Waals surface area contributed by atoms with Crippen LogP contribution in [0.5, 0.6) is 5.75 Å². The molecule has 0 fully saturated rings. The molecule has 0 aliphatic heterocycles. The van der Waals surface area contributed by atoms with Crippen LogP contribution in [-0.2, 0) is 13.0 Å². The largest absolute Gasteiger partial charge is 0.494 e. The Hall–Kier alpha value is -1.85. The number of rotatable bonds is 7. The number of nitrogens with one attached hydrogen (secondary N) is 1. The number of hydrogen-bond donors (Lipinski definition) is 2. The Labute approximate surface area is 119 Å². The zero-order valence-corrected chi connectivity index (χ0v) is 12.0. The lowest BCUT2D eigenvalue weighted by Gasteiger charge is -2.16. The maximum absolute atomic E-state index is 5.68. The van der Waals surface area contributed by atoms with Crippen LogP contribution in [0, 0.1) is 0 Å². The van der Waals surface area contributed by atoms with Gasteiger partial charge < -0.3 is 4.74 Å². The summed E-state index contributed by atoms with van der Waals surface area (Å²) in [7, 11) is 0. The van der Waals surface area contributed by atoms with Crippen molar-refractivity contribution < 1.29 is 4.74 Å². The third kappa shape index (κ3) is 3.59. The minimum Gasteiger partial charge on any atom is -0.494 e. The van der Waals surface area contributed by atoms with E-state index in [0.29, 0.717) is 6.61 Å². The van der Waals surface area contributed by atoms with E-state index in [0.717, 1.165) is 24.3 Å².